The second-order valence-corrected chi connectivity index (χ2v) is 8.36. The maximum atomic E-state index is 13.4. The number of hydrogen-bond donors (Lipinski definition) is 0. The minimum Gasteiger partial charge on any atom is -0.274 e. The minimum absolute atomic E-state index is 0.00303. The van der Waals surface area contributed by atoms with Crippen LogP contribution in [0.3, 0.4) is 0 Å². The van der Waals surface area contributed by atoms with Gasteiger partial charge in [-0.3, -0.25) is 9.59 Å². The molecule has 3 nitrogen and oxygen atoms in total. The summed E-state index contributed by atoms with van der Waals surface area (Å²) in [7, 11) is 0. The van der Waals surface area contributed by atoms with Crippen molar-refractivity contribution >= 4 is 17.5 Å². The van der Waals surface area contributed by atoms with Gasteiger partial charge in [-0.25, -0.2) is 4.90 Å². The van der Waals surface area contributed by atoms with Crippen LogP contribution in [0.4, 0.5) is 5.69 Å². The molecule has 1 saturated carbocycles. The Bertz CT molecular complexity index is 765. The Labute approximate surface area is 143 Å². The number of allylic oxidation sites excluding steroid dienone is 2. The Morgan fingerprint density at radius 3 is 2.29 bits per heavy atom. The predicted molar refractivity (Wildman–Crippen MR) is 94.4 cm³/mol. The summed E-state index contributed by atoms with van der Waals surface area (Å²) in [5, 5.41) is 0. The average molecular weight is 323 g/mol. The Balaban J connectivity index is 1.88. The molecule has 2 bridgehead atoms. The SMILES string of the molecule is Cc1ccccc1N1C(=O)[C@@H]2[C@H](C1=O)[C@@]1(C(C)C)C=C[C@@]2(C)CC1. The molecule has 1 saturated heterocycles. The van der Waals surface area contributed by atoms with Crippen LogP contribution in [-0.2, 0) is 9.59 Å². The van der Waals surface area contributed by atoms with Crippen molar-refractivity contribution in [3.05, 3.63) is 42.0 Å². The van der Waals surface area contributed by atoms with Crippen molar-refractivity contribution in [2.75, 3.05) is 4.90 Å². The molecule has 0 N–H and O–H groups in total. The van der Waals surface area contributed by atoms with Crippen LogP contribution in [0.15, 0.2) is 36.4 Å². The molecular formula is C21H25NO2. The van der Waals surface area contributed by atoms with Crippen molar-refractivity contribution in [2.24, 2.45) is 28.6 Å². The molecule has 0 spiro atoms. The van der Waals surface area contributed by atoms with Crippen molar-refractivity contribution < 1.29 is 9.59 Å². The first-order valence-corrected chi connectivity index (χ1v) is 8.96. The van der Waals surface area contributed by atoms with E-state index < -0.39 is 0 Å². The van der Waals surface area contributed by atoms with Gasteiger partial charge < -0.3 is 0 Å². The fourth-order valence-electron chi connectivity index (χ4n) is 5.28. The smallest absolute Gasteiger partial charge is 0.238 e. The molecule has 24 heavy (non-hydrogen) atoms. The highest BCUT2D eigenvalue weighted by Gasteiger charge is 2.67. The second kappa shape index (κ2) is 4.81. The van der Waals surface area contributed by atoms with E-state index in [1.807, 2.05) is 31.2 Å². The van der Waals surface area contributed by atoms with Crippen LogP contribution in [0.5, 0.6) is 0 Å². The van der Waals surface area contributed by atoms with Crippen molar-refractivity contribution in [1.29, 1.82) is 0 Å². The Kier molecular flexibility index (Phi) is 3.13. The first-order valence-electron chi connectivity index (χ1n) is 8.96. The lowest BCUT2D eigenvalue weighted by Gasteiger charge is -2.55. The topological polar surface area (TPSA) is 37.4 Å². The summed E-state index contributed by atoms with van der Waals surface area (Å²) in [4.78, 5) is 28.2. The Morgan fingerprint density at radius 2 is 1.71 bits per heavy atom. The molecule has 1 heterocycles. The molecule has 2 amide bonds. The molecule has 3 aliphatic carbocycles. The lowest BCUT2D eigenvalue weighted by Crippen LogP contribution is -2.53. The highest BCUT2D eigenvalue weighted by molar-refractivity contribution is 6.23. The fraction of sp³-hybridized carbons (Fsp3) is 0.524. The highest BCUT2D eigenvalue weighted by Crippen LogP contribution is 2.64. The number of hydrogen-bond acceptors (Lipinski definition) is 2. The number of rotatable bonds is 2. The number of imide groups is 1. The zero-order valence-corrected chi connectivity index (χ0v) is 14.9. The van der Waals surface area contributed by atoms with Gasteiger partial charge in [0.25, 0.3) is 0 Å². The summed E-state index contributed by atoms with van der Waals surface area (Å²) in [6.45, 7) is 8.48. The van der Waals surface area contributed by atoms with Gasteiger partial charge in [0.05, 0.1) is 17.5 Å². The number of fused-ring (bicyclic) bond motifs is 1. The number of para-hydroxylation sites is 1. The third-order valence-electron chi connectivity index (χ3n) is 6.90. The first-order chi connectivity index (χ1) is 11.3. The summed E-state index contributed by atoms with van der Waals surface area (Å²) in [6, 6.07) is 7.70. The maximum absolute atomic E-state index is 13.4. The average Bonchev–Trinajstić information content (AvgIpc) is 2.83. The highest BCUT2D eigenvalue weighted by atomic mass is 16.2. The van der Waals surface area contributed by atoms with Gasteiger partial charge in [0, 0.05) is 5.41 Å². The molecule has 126 valence electrons. The quantitative estimate of drug-likeness (QED) is 0.606. The zero-order chi connectivity index (χ0) is 17.3. The lowest BCUT2D eigenvalue weighted by molar-refractivity contribution is -0.135. The number of nitrogens with zero attached hydrogens (tertiary/aromatic N) is 1. The van der Waals surface area contributed by atoms with Gasteiger partial charge in [0.15, 0.2) is 0 Å². The molecule has 4 atom stereocenters. The van der Waals surface area contributed by atoms with Crippen LogP contribution in [-0.4, -0.2) is 11.8 Å². The molecule has 1 aromatic carbocycles. The van der Waals surface area contributed by atoms with E-state index in [2.05, 4.69) is 32.9 Å². The standard InChI is InChI=1S/C21H25NO2/c1-13(2)21-11-9-20(4,10-12-21)16-17(21)19(24)22(18(16)23)15-8-6-5-7-14(15)3/h5-9,11,13,16-17H,10,12H2,1-4H3/t16-,17+,20-,21-/m0/s1. The van der Waals surface area contributed by atoms with Gasteiger partial charge in [-0.1, -0.05) is 51.1 Å². The predicted octanol–water partition coefficient (Wildman–Crippen LogP) is 4.11. The van der Waals surface area contributed by atoms with Crippen LogP contribution >= 0.6 is 0 Å². The van der Waals surface area contributed by atoms with E-state index in [0.717, 1.165) is 24.1 Å². The monoisotopic (exact) mass is 323 g/mol. The van der Waals surface area contributed by atoms with Crippen molar-refractivity contribution in [2.45, 2.75) is 40.5 Å². The Morgan fingerprint density at radius 1 is 1.04 bits per heavy atom. The molecule has 3 heteroatoms. The van der Waals surface area contributed by atoms with Crippen molar-refractivity contribution in [3.8, 4) is 0 Å². The molecule has 1 aliphatic heterocycles. The van der Waals surface area contributed by atoms with E-state index in [1.165, 1.54) is 4.90 Å². The van der Waals surface area contributed by atoms with Gasteiger partial charge >= 0.3 is 0 Å². The van der Waals surface area contributed by atoms with E-state index in [1.54, 1.807) is 0 Å². The molecular weight excluding hydrogens is 298 g/mol. The molecule has 2 fully saturated rings. The minimum atomic E-state index is -0.217. The van der Waals surface area contributed by atoms with Gasteiger partial charge in [-0.2, -0.15) is 0 Å². The first kappa shape index (κ1) is 15.6. The van der Waals surface area contributed by atoms with Gasteiger partial charge in [-0.05, 0) is 42.7 Å². The van der Waals surface area contributed by atoms with Crippen LogP contribution in [0.25, 0.3) is 0 Å². The van der Waals surface area contributed by atoms with Crippen LogP contribution in [0.1, 0.15) is 39.2 Å². The maximum Gasteiger partial charge on any atom is 0.238 e. The summed E-state index contributed by atoms with van der Waals surface area (Å²) in [6.07, 6.45) is 6.47. The summed E-state index contributed by atoms with van der Waals surface area (Å²) >= 11 is 0. The summed E-state index contributed by atoms with van der Waals surface area (Å²) < 4.78 is 0. The third kappa shape index (κ3) is 1.73. The number of aryl methyl sites for hydroxylation is 1. The second-order valence-electron chi connectivity index (χ2n) is 8.36. The van der Waals surface area contributed by atoms with Crippen LogP contribution < -0.4 is 4.90 Å². The van der Waals surface area contributed by atoms with E-state index >= 15 is 0 Å². The summed E-state index contributed by atoms with van der Waals surface area (Å²) in [5.41, 5.74) is 1.36. The molecule has 0 unspecified atom stereocenters. The normalized spacial score (nSPS) is 37.5. The number of carbonyl (C=O) groups is 2. The van der Waals surface area contributed by atoms with Gasteiger partial charge in [0.1, 0.15) is 0 Å². The van der Waals surface area contributed by atoms with Crippen molar-refractivity contribution in [3.63, 3.8) is 0 Å². The van der Waals surface area contributed by atoms with Gasteiger partial charge in [-0.15, -0.1) is 0 Å². The molecule has 1 aromatic rings. The number of anilines is 1. The zero-order valence-electron chi connectivity index (χ0n) is 14.9. The van der Waals surface area contributed by atoms with E-state index in [4.69, 9.17) is 0 Å². The molecule has 4 aliphatic rings. The number of benzene rings is 1. The van der Waals surface area contributed by atoms with E-state index in [0.29, 0.717) is 5.92 Å². The van der Waals surface area contributed by atoms with E-state index in [-0.39, 0.29) is 34.5 Å². The van der Waals surface area contributed by atoms with Crippen LogP contribution in [0, 0.1) is 35.5 Å². The molecule has 5 rings (SSSR count). The molecule has 0 radical (unpaired) electrons. The largest absolute Gasteiger partial charge is 0.274 e. The van der Waals surface area contributed by atoms with Gasteiger partial charge in [0.2, 0.25) is 11.8 Å². The van der Waals surface area contributed by atoms with Crippen LogP contribution in [0.2, 0.25) is 0 Å². The third-order valence-corrected chi connectivity index (χ3v) is 6.90. The van der Waals surface area contributed by atoms with Crippen molar-refractivity contribution in [1.82, 2.24) is 0 Å². The summed E-state index contributed by atoms with van der Waals surface area (Å²) in [5.74, 6) is -0.0852. The van der Waals surface area contributed by atoms with E-state index in [9.17, 15) is 9.59 Å². The molecule has 0 aromatic heterocycles. The fourth-order valence-corrected chi connectivity index (χ4v) is 5.28. The number of carbonyl (C=O) groups excluding carboxylic acids is 2. The Hall–Kier alpha value is -1.90. The number of amides is 2. The lowest BCUT2D eigenvalue weighted by atomic mass is 9.46.